The molecule has 3 aromatic rings. The van der Waals surface area contributed by atoms with E-state index in [0.29, 0.717) is 6.54 Å². The van der Waals surface area contributed by atoms with Gasteiger partial charge in [-0.15, -0.1) is 0 Å². The number of aromatic nitrogens is 2. The first-order valence-electron chi connectivity index (χ1n) is 8.98. The molecule has 0 aliphatic carbocycles. The summed E-state index contributed by atoms with van der Waals surface area (Å²) < 4.78 is 14.9. The molecule has 1 aromatic heterocycles. The molecule has 134 valence electrons. The van der Waals surface area contributed by atoms with Crippen LogP contribution in [0.2, 0.25) is 5.02 Å². The van der Waals surface area contributed by atoms with Gasteiger partial charge in [-0.3, -0.25) is 4.68 Å². The minimum Gasteiger partial charge on any atom is -0.316 e. The van der Waals surface area contributed by atoms with E-state index < -0.39 is 6.67 Å². The van der Waals surface area contributed by atoms with Crippen molar-refractivity contribution in [3.63, 3.8) is 0 Å². The Hall–Kier alpha value is -2.17. The largest absolute Gasteiger partial charge is 0.316 e. The van der Waals surface area contributed by atoms with Gasteiger partial charge in [0.2, 0.25) is 0 Å². The fourth-order valence-corrected chi connectivity index (χ4v) is 3.71. The minimum atomic E-state index is -0.408. The molecule has 0 radical (unpaired) electrons. The molecule has 1 aliphatic rings. The van der Waals surface area contributed by atoms with Crippen LogP contribution in [0.1, 0.15) is 11.3 Å². The number of rotatable bonds is 4. The maximum atomic E-state index is 13.1. The van der Waals surface area contributed by atoms with Gasteiger partial charge in [0, 0.05) is 29.1 Å². The normalized spacial score (nSPS) is 14.1. The summed E-state index contributed by atoms with van der Waals surface area (Å²) in [5.74, 6) is 0. The van der Waals surface area contributed by atoms with Crippen molar-refractivity contribution in [1.82, 2.24) is 15.1 Å². The van der Waals surface area contributed by atoms with Gasteiger partial charge >= 0.3 is 0 Å². The number of nitrogens with one attached hydrogen (secondary N) is 1. The lowest BCUT2D eigenvalue weighted by Crippen LogP contribution is -2.17. The molecule has 5 heteroatoms. The number of aryl methyl sites for hydroxylation is 1. The Morgan fingerprint density at radius 3 is 2.23 bits per heavy atom. The summed E-state index contributed by atoms with van der Waals surface area (Å²) in [5, 5.41) is 8.83. The smallest absolute Gasteiger partial charge is 0.109 e. The first-order valence-corrected chi connectivity index (χ1v) is 9.35. The number of hydrogen-bond acceptors (Lipinski definition) is 2. The molecule has 0 saturated heterocycles. The van der Waals surface area contributed by atoms with E-state index in [2.05, 4.69) is 34.7 Å². The van der Waals surface area contributed by atoms with Gasteiger partial charge in [0.05, 0.1) is 17.9 Å². The van der Waals surface area contributed by atoms with Crippen LogP contribution in [0, 0.1) is 0 Å². The van der Waals surface area contributed by atoms with E-state index in [9.17, 15) is 4.39 Å². The average Bonchev–Trinajstić information content (AvgIpc) is 2.84. The van der Waals surface area contributed by atoms with Crippen molar-refractivity contribution < 1.29 is 4.39 Å². The Morgan fingerprint density at radius 1 is 0.923 bits per heavy atom. The van der Waals surface area contributed by atoms with Crippen LogP contribution in [-0.4, -0.2) is 29.5 Å². The minimum absolute atomic E-state index is 0.300. The zero-order valence-electron chi connectivity index (χ0n) is 14.5. The third kappa shape index (κ3) is 3.39. The second-order valence-electron chi connectivity index (χ2n) is 6.52. The molecular weight excluding hydrogens is 349 g/mol. The van der Waals surface area contributed by atoms with E-state index in [1.165, 1.54) is 5.56 Å². The summed E-state index contributed by atoms with van der Waals surface area (Å²) >= 11 is 5.97. The monoisotopic (exact) mass is 369 g/mol. The fourth-order valence-electron chi connectivity index (χ4n) is 3.59. The van der Waals surface area contributed by atoms with Crippen LogP contribution >= 0.6 is 11.6 Å². The molecular formula is C21H21ClFN3. The second-order valence-corrected chi connectivity index (χ2v) is 6.96. The maximum Gasteiger partial charge on any atom is 0.109 e. The van der Waals surface area contributed by atoms with Crippen molar-refractivity contribution in [3.05, 3.63) is 64.8 Å². The highest BCUT2D eigenvalue weighted by Gasteiger charge is 2.20. The van der Waals surface area contributed by atoms with Gasteiger partial charge in [-0.05, 0) is 36.2 Å². The number of halogens is 2. The number of benzene rings is 2. The highest BCUT2D eigenvalue weighted by molar-refractivity contribution is 6.30. The first-order chi connectivity index (χ1) is 12.8. The number of alkyl halides is 1. The van der Waals surface area contributed by atoms with E-state index in [1.807, 2.05) is 28.9 Å². The van der Waals surface area contributed by atoms with Crippen molar-refractivity contribution in [2.45, 2.75) is 19.4 Å². The van der Waals surface area contributed by atoms with Gasteiger partial charge in [-0.25, -0.2) is 4.39 Å². The molecule has 0 saturated carbocycles. The highest BCUT2D eigenvalue weighted by Crippen LogP contribution is 2.30. The lowest BCUT2D eigenvalue weighted by molar-refractivity contribution is 0.427. The van der Waals surface area contributed by atoms with E-state index >= 15 is 0 Å². The first kappa shape index (κ1) is 17.3. The number of hydrogen-bond donors (Lipinski definition) is 1. The lowest BCUT2D eigenvalue weighted by atomic mass is 9.99. The molecule has 3 nitrogen and oxygen atoms in total. The average molecular weight is 370 g/mol. The lowest BCUT2D eigenvalue weighted by Gasteiger charge is -2.10. The molecule has 1 aliphatic heterocycles. The Morgan fingerprint density at radius 2 is 1.54 bits per heavy atom. The van der Waals surface area contributed by atoms with Crippen LogP contribution in [0.15, 0.2) is 48.5 Å². The second kappa shape index (κ2) is 7.60. The van der Waals surface area contributed by atoms with Gasteiger partial charge < -0.3 is 5.32 Å². The van der Waals surface area contributed by atoms with Crippen LogP contribution in [0.3, 0.4) is 0 Å². The SMILES string of the molecule is FCCn1nc2c(c1-c1ccc(-c3ccc(Cl)cc3)cc1)CCNCC2. The zero-order valence-corrected chi connectivity index (χ0v) is 15.3. The van der Waals surface area contributed by atoms with Crippen molar-refractivity contribution in [2.75, 3.05) is 19.8 Å². The molecule has 1 N–H and O–H groups in total. The predicted molar refractivity (Wildman–Crippen MR) is 104 cm³/mol. The van der Waals surface area contributed by atoms with Gasteiger partial charge in [0.1, 0.15) is 6.67 Å². The quantitative estimate of drug-likeness (QED) is 0.732. The fraction of sp³-hybridized carbons (Fsp3) is 0.286. The van der Waals surface area contributed by atoms with Gasteiger partial charge in [0.15, 0.2) is 0 Å². The Bertz CT molecular complexity index is 885. The Kier molecular flexibility index (Phi) is 5.05. The van der Waals surface area contributed by atoms with E-state index in [0.717, 1.165) is 59.0 Å². The molecule has 2 heterocycles. The molecule has 0 spiro atoms. The molecule has 0 fully saturated rings. The van der Waals surface area contributed by atoms with E-state index in [-0.39, 0.29) is 0 Å². The van der Waals surface area contributed by atoms with E-state index in [4.69, 9.17) is 11.6 Å². The number of fused-ring (bicyclic) bond motifs is 1. The van der Waals surface area contributed by atoms with Crippen LogP contribution < -0.4 is 5.32 Å². The molecule has 2 aromatic carbocycles. The van der Waals surface area contributed by atoms with Crippen LogP contribution in [0.25, 0.3) is 22.4 Å². The van der Waals surface area contributed by atoms with Crippen molar-refractivity contribution in [3.8, 4) is 22.4 Å². The molecule has 0 bridgehead atoms. The summed E-state index contributed by atoms with van der Waals surface area (Å²) in [5.41, 5.74) is 6.76. The van der Waals surface area contributed by atoms with Crippen molar-refractivity contribution in [2.24, 2.45) is 0 Å². The maximum absolute atomic E-state index is 13.1. The zero-order chi connectivity index (χ0) is 17.9. The molecule has 0 atom stereocenters. The molecule has 0 unspecified atom stereocenters. The Labute approximate surface area is 157 Å². The van der Waals surface area contributed by atoms with Crippen LogP contribution in [0.4, 0.5) is 4.39 Å². The number of nitrogens with zero attached hydrogens (tertiary/aromatic N) is 2. The van der Waals surface area contributed by atoms with Gasteiger partial charge in [0.25, 0.3) is 0 Å². The Balaban J connectivity index is 1.72. The van der Waals surface area contributed by atoms with Crippen molar-refractivity contribution in [1.29, 1.82) is 0 Å². The summed E-state index contributed by atoms with van der Waals surface area (Å²) in [6, 6.07) is 16.2. The van der Waals surface area contributed by atoms with Crippen LogP contribution in [-0.2, 0) is 19.4 Å². The van der Waals surface area contributed by atoms with Crippen molar-refractivity contribution >= 4 is 11.6 Å². The summed E-state index contributed by atoms with van der Waals surface area (Å²) in [6.45, 7) is 1.75. The standard InChI is InChI=1S/C21H21ClFN3/c22-18-7-5-16(6-8-18)15-1-3-17(4-2-15)21-19-9-12-24-13-10-20(19)25-26(21)14-11-23/h1-8,24H,9-14H2. The van der Waals surface area contributed by atoms with Gasteiger partial charge in [-0.2, -0.15) is 5.10 Å². The summed E-state index contributed by atoms with van der Waals surface area (Å²) in [7, 11) is 0. The molecule has 0 amide bonds. The van der Waals surface area contributed by atoms with E-state index in [1.54, 1.807) is 0 Å². The van der Waals surface area contributed by atoms with Gasteiger partial charge in [-0.1, -0.05) is 48.0 Å². The highest BCUT2D eigenvalue weighted by atomic mass is 35.5. The third-order valence-electron chi connectivity index (χ3n) is 4.86. The predicted octanol–water partition coefficient (Wildman–Crippen LogP) is 4.53. The van der Waals surface area contributed by atoms with Crippen LogP contribution in [0.5, 0.6) is 0 Å². The molecule has 4 rings (SSSR count). The summed E-state index contributed by atoms with van der Waals surface area (Å²) in [4.78, 5) is 0. The third-order valence-corrected chi connectivity index (χ3v) is 5.11. The topological polar surface area (TPSA) is 29.9 Å². The molecule has 26 heavy (non-hydrogen) atoms. The summed E-state index contributed by atoms with van der Waals surface area (Å²) in [6.07, 6.45) is 1.82.